The van der Waals surface area contributed by atoms with Crippen LogP contribution >= 0.6 is 0 Å². The Hall–Kier alpha value is -1.63. The monoisotopic (exact) mass is 382 g/mol. The molecule has 2 fully saturated rings. The first-order valence-corrected chi connectivity index (χ1v) is 9.70. The minimum Gasteiger partial charge on any atom is -0.353 e. The van der Waals surface area contributed by atoms with Crippen molar-refractivity contribution in [2.75, 3.05) is 14.1 Å². The number of nitrogens with two attached hydrogens (primary N) is 1. The number of nitrogens with zero attached hydrogens (tertiary/aromatic N) is 2. The highest BCUT2D eigenvalue weighted by atomic mass is 16.2. The fraction of sp³-hybridized carbons (Fsp3) is 0.850. The van der Waals surface area contributed by atoms with Gasteiger partial charge in [0.25, 0.3) is 0 Å². The van der Waals surface area contributed by atoms with Gasteiger partial charge in [-0.2, -0.15) is 0 Å². The van der Waals surface area contributed by atoms with Gasteiger partial charge in [0.05, 0.1) is 0 Å². The summed E-state index contributed by atoms with van der Waals surface area (Å²) in [6.07, 6.45) is 0.891. The van der Waals surface area contributed by atoms with E-state index in [0.717, 1.165) is 0 Å². The van der Waals surface area contributed by atoms with Crippen molar-refractivity contribution in [3.8, 4) is 0 Å². The van der Waals surface area contributed by atoms with Gasteiger partial charge in [-0.3, -0.25) is 14.4 Å². The van der Waals surface area contributed by atoms with Crippen molar-refractivity contribution in [3.05, 3.63) is 0 Å². The molecule has 0 saturated carbocycles. The lowest BCUT2D eigenvalue weighted by molar-refractivity contribution is -0.144. The fourth-order valence-electron chi connectivity index (χ4n) is 3.72. The summed E-state index contributed by atoms with van der Waals surface area (Å²) >= 11 is 0. The Balaban J connectivity index is 0.000000277. The molecule has 2 aliphatic heterocycles. The van der Waals surface area contributed by atoms with E-state index in [2.05, 4.69) is 33.0 Å². The van der Waals surface area contributed by atoms with E-state index in [0.29, 0.717) is 18.8 Å². The lowest BCUT2D eigenvalue weighted by Gasteiger charge is -2.48. The van der Waals surface area contributed by atoms with Crippen molar-refractivity contribution in [2.45, 2.75) is 84.5 Å². The summed E-state index contributed by atoms with van der Waals surface area (Å²) in [5.41, 5.74) is 5.55. The van der Waals surface area contributed by atoms with Gasteiger partial charge in [0, 0.05) is 57.0 Å². The molecule has 2 heterocycles. The first-order chi connectivity index (χ1) is 12.1. The second-order valence-corrected chi connectivity index (χ2v) is 9.17. The van der Waals surface area contributed by atoms with E-state index in [4.69, 9.17) is 5.73 Å². The van der Waals surface area contributed by atoms with Crippen molar-refractivity contribution in [2.24, 2.45) is 17.6 Å². The summed E-state index contributed by atoms with van der Waals surface area (Å²) in [6, 6.07) is -0.0232. The summed E-state index contributed by atoms with van der Waals surface area (Å²) in [5.74, 6) is 0.798. The molecule has 4 unspecified atom stereocenters. The molecule has 0 aromatic carbocycles. The van der Waals surface area contributed by atoms with E-state index in [9.17, 15) is 14.4 Å². The Morgan fingerprint density at radius 2 is 1.37 bits per heavy atom. The average molecular weight is 383 g/mol. The number of amides is 3. The van der Waals surface area contributed by atoms with Gasteiger partial charge < -0.3 is 20.9 Å². The summed E-state index contributed by atoms with van der Waals surface area (Å²) < 4.78 is 0. The molecule has 0 bridgehead atoms. The second-order valence-electron chi connectivity index (χ2n) is 9.17. The number of carbonyl (C=O) groups is 3. The van der Waals surface area contributed by atoms with E-state index >= 15 is 0 Å². The molecule has 2 saturated heterocycles. The van der Waals surface area contributed by atoms with E-state index in [1.165, 1.54) is 6.92 Å². The van der Waals surface area contributed by atoms with Crippen molar-refractivity contribution >= 4 is 17.7 Å². The highest BCUT2D eigenvalue weighted by molar-refractivity contribution is 5.80. The molecule has 0 spiro atoms. The van der Waals surface area contributed by atoms with Crippen LogP contribution in [0, 0.1) is 11.8 Å². The molecule has 7 nitrogen and oxygen atoms in total. The largest absolute Gasteiger partial charge is 0.353 e. The zero-order chi connectivity index (χ0) is 21.3. The van der Waals surface area contributed by atoms with Gasteiger partial charge in [-0.25, -0.2) is 0 Å². The van der Waals surface area contributed by atoms with E-state index in [1.54, 1.807) is 9.80 Å². The minimum absolute atomic E-state index is 0.0173. The molecule has 0 aliphatic carbocycles. The molecule has 156 valence electrons. The Bertz CT molecular complexity index is 588. The molecule has 0 aromatic rings. The maximum atomic E-state index is 11.7. The van der Waals surface area contributed by atoms with Gasteiger partial charge in [0.2, 0.25) is 17.7 Å². The fourth-order valence-corrected chi connectivity index (χ4v) is 3.72. The van der Waals surface area contributed by atoms with Crippen LogP contribution in [0.4, 0.5) is 0 Å². The molecule has 0 aromatic heterocycles. The molecule has 0 radical (unpaired) electrons. The molecule has 2 aliphatic rings. The highest BCUT2D eigenvalue weighted by Gasteiger charge is 2.44. The van der Waals surface area contributed by atoms with Crippen LogP contribution in [0.3, 0.4) is 0 Å². The van der Waals surface area contributed by atoms with Crippen molar-refractivity contribution in [1.82, 2.24) is 15.1 Å². The first-order valence-electron chi connectivity index (χ1n) is 9.70. The third-order valence-electron chi connectivity index (χ3n) is 7.15. The highest BCUT2D eigenvalue weighted by Crippen LogP contribution is 2.33. The zero-order valence-corrected chi connectivity index (χ0v) is 18.4. The molecular formula is C20H38N4O3. The van der Waals surface area contributed by atoms with Crippen LogP contribution in [-0.2, 0) is 14.4 Å². The number of likely N-dealkylation sites (tertiary alicyclic amines) is 2. The predicted octanol–water partition coefficient (Wildman–Crippen LogP) is 1.36. The van der Waals surface area contributed by atoms with Gasteiger partial charge in [-0.05, 0) is 39.5 Å². The molecule has 2 rings (SSSR count). The molecule has 3 amide bonds. The van der Waals surface area contributed by atoms with Crippen LogP contribution in [0.25, 0.3) is 0 Å². The van der Waals surface area contributed by atoms with E-state index < -0.39 is 0 Å². The Morgan fingerprint density at radius 1 is 0.963 bits per heavy atom. The van der Waals surface area contributed by atoms with Crippen LogP contribution in [0.15, 0.2) is 0 Å². The minimum atomic E-state index is -0.206. The maximum absolute atomic E-state index is 11.7. The number of piperidine rings is 2. The van der Waals surface area contributed by atoms with E-state index in [-0.39, 0.29) is 46.8 Å². The number of nitrogens with one attached hydrogen (secondary N) is 1. The van der Waals surface area contributed by atoms with Gasteiger partial charge in [0.1, 0.15) is 0 Å². The van der Waals surface area contributed by atoms with Gasteiger partial charge in [-0.1, -0.05) is 13.8 Å². The van der Waals surface area contributed by atoms with Crippen LogP contribution in [0.1, 0.15) is 61.3 Å². The lowest BCUT2D eigenvalue weighted by Crippen LogP contribution is -2.61. The quantitative estimate of drug-likeness (QED) is 0.716. The lowest BCUT2D eigenvalue weighted by atomic mass is 9.77. The van der Waals surface area contributed by atoms with Crippen LogP contribution in [0.5, 0.6) is 0 Å². The average Bonchev–Trinajstić information content (AvgIpc) is 2.55. The standard InChI is InChI=1S/C11H20N2O2.C9H18N2O/c1-7-9(12-8(2)14)6-10(15)13(5)11(7,3)4;1-6-7(10)5-8(12)11(4)9(6,2)3/h7,9H,6H2,1-5H3,(H,12,14);6-7H,5,10H2,1-4H3. The molecule has 3 N–H and O–H groups in total. The first kappa shape index (κ1) is 23.4. The Kier molecular flexibility index (Phi) is 7.08. The Labute approximate surface area is 164 Å². The topological polar surface area (TPSA) is 95.7 Å². The summed E-state index contributed by atoms with van der Waals surface area (Å²) in [5, 5.41) is 2.85. The molecular weight excluding hydrogens is 344 g/mol. The van der Waals surface area contributed by atoms with Crippen LogP contribution in [0.2, 0.25) is 0 Å². The van der Waals surface area contributed by atoms with Gasteiger partial charge in [0.15, 0.2) is 0 Å². The number of carbonyl (C=O) groups excluding carboxylic acids is 3. The SMILES string of the molecule is CC(=O)NC1CC(=O)N(C)C(C)(C)C1C.CC1C(N)CC(=O)N(C)C1(C)C. The second kappa shape index (κ2) is 8.17. The smallest absolute Gasteiger partial charge is 0.224 e. The van der Waals surface area contributed by atoms with E-state index in [1.807, 2.05) is 27.9 Å². The molecule has 27 heavy (non-hydrogen) atoms. The third-order valence-corrected chi connectivity index (χ3v) is 7.15. The van der Waals surface area contributed by atoms with Gasteiger partial charge in [-0.15, -0.1) is 0 Å². The van der Waals surface area contributed by atoms with Gasteiger partial charge >= 0.3 is 0 Å². The summed E-state index contributed by atoms with van der Waals surface area (Å²) in [7, 11) is 3.67. The number of hydrogen-bond acceptors (Lipinski definition) is 4. The normalized spacial score (nSPS) is 32.5. The van der Waals surface area contributed by atoms with Crippen molar-refractivity contribution < 1.29 is 14.4 Å². The summed E-state index contributed by atoms with van der Waals surface area (Å²) in [6.45, 7) is 13.9. The van der Waals surface area contributed by atoms with Crippen molar-refractivity contribution in [1.29, 1.82) is 0 Å². The van der Waals surface area contributed by atoms with Crippen LogP contribution < -0.4 is 11.1 Å². The summed E-state index contributed by atoms with van der Waals surface area (Å²) in [4.78, 5) is 37.7. The Morgan fingerprint density at radius 3 is 1.81 bits per heavy atom. The predicted molar refractivity (Wildman–Crippen MR) is 107 cm³/mol. The number of rotatable bonds is 1. The molecule has 4 atom stereocenters. The third kappa shape index (κ3) is 4.81. The van der Waals surface area contributed by atoms with Crippen molar-refractivity contribution in [3.63, 3.8) is 0 Å². The zero-order valence-electron chi connectivity index (χ0n) is 18.4. The van der Waals surface area contributed by atoms with Crippen LogP contribution in [-0.4, -0.2) is 64.8 Å². The maximum Gasteiger partial charge on any atom is 0.224 e. The molecule has 7 heteroatoms. The number of hydrogen-bond donors (Lipinski definition) is 2.